The summed E-state index contributed by atoms with van der Waals surface area (Å²) in [5.74, 6) is 0.544. The molecule has 0 aliphatic heterocycles. The second-order valence-electron chi connectivity index (χ2n) is 2.66. The number of nitrogens with one attached hydrogen (secondary N) is 2. The number of halogens is 1. The molecule has 0 saturated carbocycles. The molecule has 0 aliphatic rings. The molecule has 2 aromatic rings. The third-order valence-corrected chi connectivity index (χ3v) is 2.53. The molecule has 0 aliphatic carbocycles. The summed E-state index contributed by atoms with van der Waals surface area (Å²) in [6.07, 6.45) is 0. The van der Waals surface area contributed by atoms with E-state index in [4.69, 9.17) is 16.0 Å². The van der Waals surface area contributed by atoms with Crippen LogP contribution in [0, 0.1) is 0 Å². The van der Waals surface area contributed by atoms with Gasteiger partial charge in [-0.05, 0) is 0 Å². The SMILES string of the molecule is O=c1[nH]c(CNc2nnc(CCl)o2)cs1. The van der Waals surface area contributed by atoms with Crippen LogP contribution in [-0.4, -0.2) is 15.2 Å². The molecule has 80 valence electrons. The van der Waals surface area contributed by atoms with Crippen LogP contribution in [0.1, 0.15) is 11.6 Å². The minimum atomic E-state index is -0.0845. The third kappa shape index (κ3) is 2.57. The Kier molecular flexibility index (Phi) is 3.02. The summed E-state index contributed by atoms with van der Waals surface area (Å²) >= 11 is 6.60. The minimum Gasteiger partial charge on any atom is -0.407 e. The first-order chi connectivity index (χ1) is 7.28. The predicted molar refractivity (Wildman–Crippen MR) is 56.1 cm³/mol. The number of rotatable bonds is 4. The van der Waals surface area contributed by atoms with E-state index in [9.17, 15) is 4.79 Å². The molecule has 0 fully saturated rings. The highest BCUT2D eigenvalue weighted by molar-refractivity contribution is 7.07. The summed E-state index contributed by atoms with van der Waals surface area (Å²) in [4.78, 5) is 13.4. The van der Waals surface area contributed by atoms with Crippen LogP contribution in [0.5, 0.6) is 0 Å². The normalized spacial score (nSPS) is 10.5. The Balaban J connectivity index is 1.95. The second-order valence-corrected chi connectivity index (χ2v) is 3.77. The average Bonchev–Trinajstić information content (AvgIpc) is 2.83. The van der Waals surface area contributed by atoms with Crippen molar-refractivity contribution in [3.8, 4) is 0 Å². The first-order valence-corrected chi connectivity index (χ1v) is 5.48. The van der Waals surface area contributed by atoms with Crippen LogP contribution in [0.25, 0.3) is 0 Å². The topological polar surface area (TPSA) is 83.8 Å². The lowest BCUT2D eigenvalue weighted by atomic mass is 10.5. The Labute approximate surface area is 93.3 Å². The number of aromatic nitrogens is 3. The number of H-pyrrole nitrogens is 1. The molecule has 0 unspecified atom stereocenters. The van der Waals surface area contributed by atoms with Crippen LogP contribution in [0.4, 0.5) is 6.01 Å². The Bertz CT molecular complexity index is 491. The lowest BCUT2D eigenvalue weighted by Gasteiger charge is -1.96. The van der Waals surface area contributed by atoms with E-state index in [0.717, 1.165) is 17.0 Å². The van der Waals surface area contributed by atoms with E-state index in [1.54, 1.807) is 5.38 Å². The van der Waals surface area contributed by atoms with Crippen molar-refractivity contribution in [2.45, 2.75) is 12.4 Å². The summed E-state index contributed by atoms with van der Waals surface area (Å²) < 4.78 is 5.11. The summed E-state index contributed by atoms with van der Waals surface area (Å²) in [6, 6.07) is 0.290. The van der Waals surface area contributed by atoms with Crippen molar-refractivity contribution in [3.63, 3.8) is 0 Å². The van der Waals surface area contributed by atoms with Gasteiger partial charge in [0.25, 0.3) is 0 Å². The van der Waals surface area contributed by atoms with Gasteiger partial charge in [0.15, 0.2) is 0 Å². The summed E-state index contributed by atoms with van der Waals surface area (Å²) in [7, 11) is 0. The molecule has 0 atom stereocenters. The van der Waals surface area contributed by atoms with Crippen molar-refractivity contribution in [1.29, 1.82) is 0 Å². The highest BCUT2D eigenvalue weighted by atomic mass is 35.5. The zero-order chi connectivity index (χ0) is 10.7. The van der Waals surface area contributed by atoms with Gasteiger partial charge in [-0.25, -0.2) is 0 Å². The van der Waals surface area contributed by atoms with E-state index < -0.39 is 0 Å². The zero-order valence-electron chi connectivity index (χ0n) is 7.49. The molecule has 0 saturated heterocycles. The Morgan fingerprint density at radius 3 is 3.07 bits per heavy atom. The van der Waals surface area contributed by atoms with Gasteiger partial charge in [0, 0.05) is 11.1 Å². The number of nitrogens with zero attached hydrogens (tertiary/aromatic N) is 2. The maximum atomic E-state index is 10.8. The lowest BCUT2D eigenvalue weighted by molar-refractivity contribution is 0.525. The van der Waals surface area contributed by atoms with Crippen LogP contribution < -0.4 is 10.2 Å². The first kappa shape index (κ1) is 10.2. The van der Waals surface area contributed by atoms with Gasteiger partial charge in [0.2, 0.25) is 5.89 Å². The molecule has 2 heterocycles. The molecule has 8 heteroatoms. The fourth-order valence-corrected chi connectivity index (χ4v) is 1.64. The van der Waals surface area contributed by atoms with Gasteiger partial charge < -0.3 is 14.7 Å². The van der Waals surface area contributed by atoms with Crippen LogP contribution in [0.3, 0.4) is 0 Å². The maximum Gasteiger partial charge on any atom is 0.315 e. The van der Waals surface area contributed by atoms with E-state index >= 15 is 0 Å². The molecule has 2 aromatic heterocycles. The molecule has 6 nitrogen and oxygen atoms in total. The standard InChI is InChI=1S/C7H7ClN4O2S/c8-1-5-11-12-6(14-5)9-2-4-3-15-7(13)10-4/h3H,1-2H2,(H,9,12)(H,10,13). The molecule has 2 N–H and O–H groups in total. The van der Waals surface area contributed by atoms with Gasteiger partial charge in [-0.3, -0.25) is 4.79 Å². The van der Waals surface area contributed by atoms with Crippen molar-refractivity contribution in [3.05, 3.63) is 26.6 Å². The Hall–Kier alpha value is -1.34. The van der Waals surface area contributed by atoms with E-state index in [-0.39, 0.29) is 16.8 Å². The van der Waals surface area contributed by atoms with Crippen molar-refractivity contribution < 1.29 is 4.42 Å². The third-order valence-electron chi connectivity index (χ3n) is 1.58. The molecule has 0 amide bonds. The Morgan fingerprint density at radius 1 is 1.60 bits per heavy atom. The van der Waals surface area contributed by atoms with E-state index in [1.807, 2.05) is 0 Å². The molecule has 0 bridgehead atoms. The van der Waals surface area contributed by atoms with Crippen LogP contribution in [0.15, 0.2) is 14.6 Å². The molecule has 0 radical (unpaired) electrons. The predicted octanol–water partition coefficient (Wildman–Crippen LogP) is 1.17. The van der Waals surface area contributed by atoms with Gasteiger partial charge in [0.05, 0.1) is 6.54 Å². The smallest absolute Gasteiger partial charge is 0.315 e. The molecule has 15 heavy (non-hydrogen) atoms. The molecular formula is C7H7ClN4O2S. The molecule has 0 aromatic carbocycles. The lowest BCUT2D eigenvalue weighted by Crippen LogP contribution is -2.02. The first-order valence-electron chi connectivity index (χ1n) is 4.07. The summed E-state index contributed by atoms with van der Waals surface area (Å²) in [6.45, 7) is 0.433. The number of thiazole rings is 1. The van der Waals surface area contributed by atoms with Crippen LogP contribution >= 0.6 is 22.9 Å². The minimum absolute atomic E-state index is 0.0845. The van der Waals surface area contributed by atoms with Gasteiger partial charge in [-0.2, -0.15) is 0 Å². The maximum absolute atomic E-state index is 10.8. The number of anilines is 1. The summed E-state index contributed by atoms with van der Waals surface area (Å²) in [5.41, 5.74) is 0.774. The Morgan fingerprint density at radius 2 is 2.47 bits per heavy atom. The average molecular weight is 247 g/mol. The number of hydrogen-bond donors (Lipinski definition) is 2. The van der Waals surface area contributed by atoms with Crippen molar-refractivity contribution >= 4 is 29.0 Å². The monoisotopic (exact) mass is 246 g/mol. The fraction of sp³-hybridized carbons (Fsp3) is 0.286. The molecule has 2 rings (SSSR count). The van der Waals surface area contributed by atoms with Crippen LogP contribution in [0.2, 0.25) is 0 Å². The van der Waals surface area contributed by atoms with Crippen molar-refractivity contribution in [2.24, 2.45) is 0 Å². The van der Waals surface area contributed by atoms with Gasteiger partial charge in [0.1, 0.15) is 5.88 Å². The second kappa shape index (κ2) is 4.45. The quantitative estimate of drug-likeness (QED) is 0.792. The number of alkyl halides is 1. The number of aromatic amines is 1. The van der Waals surface area contributed by atoms with Gasteiger partial charge in [-0.15, -0.1) is 16.7 Å². The highest BCUT2D eigenvalue weighted by Crippen LogP contribution is 2.08. The van der Waals surface area contributed by atoms with E-state index in [2.05, 4.69) is 20.5 Å². The van der Waals surface area contributed by atoms with Crippen molar-refractivity contribution in [1.82, 2.24) is 15.2 Å². The van der Waals surface area contributed by atoms with Crippen LogP contribution in [-0.2, 0) is 12.4 Å². The fourth-order valence-electron chi connectivity index (χ4n) is 0.950. The number of hydrogen-bond acceptors (Lipinski definition) is 6. The molecular weight excluding hydrogens is 240 g/mol. The van der Waals surface area contributed by atoms with Crippen molar-refractivity contribution in [2.75, 3.05) is 5.32 Å². The van der Waals surface area contributed by atoms with E-state index in [1.165, 1.54) is 0 Å². The van der Waals surface area contributed by atoms with Gasteiger partial charge >= 0.3 is 10.9 Å². The molecule has 0 spiro atoms. The highest BCUT2D eigenvalue weighted by Gasteiger charge is 2.04. The zero-order valence-corrected chi connectivity index (χ0v) is 9.06. The van der Waals surface area contributed by atoms with E-state index in [0.29, 0.717) is 12.4 Å². The van der Waals surface area contributed by atoms with Gasteiger partial charge in [-0.1, -0.05) is 16.4 Å². The summed E-state index contributed by atoms with van der Waals surface area (Å²) in [5, 5.41) is 12.0. The largest absolute Gasteiger partial charge is 0.407 e.